The molecule has 1 aromatic carbocycles. The van der Waals surface area contributed by atoms with Crippen molar-refractivity contribution in [2.24, 2.45) is 0 Å². The minimum atomic E-state index is -0.589. The van der Waals surface area contributed by atoms with Crippen LogP contribution in [0, 0.1) is 11.6 Å². The Morgan fingerprint density at radius 1 is 1.35 bits per heavy atom. The van der Waals surface area contributed by atoms with Crippen molar-refractivity contribution in [2.75, 3.05) is 0 Å². The topological polar surface area (TPSA) is 42.0 Å². The number of rotatable bonds is 3. The molecule has 0 bridgehead atoms. The number of hydrogen-bond donors (Lipinski definition) is 1. The zero-order chi connectivity index (χ0) is 14.1. The first-order chi connectivity index (χ1) is 9.65. The molecule has 1 aliphatic carbocycles. The molecule has 6 heteroatoms. The molecule has 1 heterocycles. The molecule has 0 aliphatic heterocycles. The lowest BCUT2D eigenvalue weighted by Crippen LogP contribution is -2.45. The summed E-state index contributed by atoms with van der Waals surface area (Å²) in [5, 5.41) is 4.52. The van der Waals surface area contributed by atoms with Gasteiger partial charge in [-0.25, -0.2) is 13.8 Å². The third kappa shape index (κ3) is 2.43. The van der Waals surface area contributed by atoms with Crippen LogP contribution in [0.4, 0.5) is 8.78 Å². The molecule has 1 aliphatic rings. The third-order valence-electron chi connectivity index (χ3n) is 3.62. The Morgan fingerprint density at radius 3 is 2.80 bits per heavy atom. The number of aromatic nitrogens is 1. The normalized spacial score (nSPS) is 21.3. The van der Waals surface area contributed by atoms with Gasteiger partial charge in [-0.05, 0) is 24.5 Å². The largest absolute Gasteiger partial charge is 0.347 e. The molecule has 1 saturated carbocycles. The summed E-state index contributed by atoms with van der Waals surface area (Å²) in [6, 6.07) is 3.46. The van der Waals surface area contributed by atoms with Gasteiger partial charge in [0.05, 0.1) is 5.51 Å². The monoisotopic (exact) mass is 294 g/mol. The van der Waals surface area contributed by atoms with Crippen LogP contribution in [0.5, 0.6) is 0 Å². The molecule has 2 atom stereocenters. The van der Waals surface area contributed by atoms with E-state index in [1.165, 1.54) is 23.5 Å². The second-order valence-corrected chi connectivity index (χ2v) is 5.52. The molecule has 0 spiro atoms. The van der Waals surface area contributed by atoms with E-state index in [2.05, 4.69) is 10.3 Å². The number of benzene rings is 1. The molecule has 1 amide bonds. The average Bonchev–Trinajstić information content (AvgIpc) is 2.91. The van der Waals surface area contributed by atoms with Gasteiger partial charge in [0.2, 0.25) is 0 Å². The summed E-state index contributed by atoms with van der Waals surface area (Å²) in [5.74, 6) is -1.49. The zero-order valence-electron chi connectivity index (χ0n) is 10.5. The molecular weight excluding hydrogens is 282 g/mol. The number of nitrogens with zero attached hydrogens (tertiary/aromatic N) is 1. The summed E-state index contributed by atoms with van der Waals surface area (Å²) < 4.78 is 26.7. The van der Waals surface area contributed by atoms with E-state index >= 15 is 0 Å². The first-order valence-electron chi connectivity index (χ1n) is 6.29. The number of thiazole rings is 1. The van der Waals surface area contributed by atoms with Gasteiger partial charge in [0.25, 0.3) is 5.91 Å². The van der Waals surface area contributed by atoms with Crippen LogP contribution in [0.25, 0.3) is 0 Å². The van der Waals surface area contributed by atoms with E-state index < -0.39 is 11.6 Å². The van der Waals surface area contributed by atoms with Gasteiger partial charge in [0.1, 0.15) is 17.3 Å². The van der Waals surface area contributed by atoms with Crippen LogP contribution in [0.3, 0.4) is 0 Å². The third-order valence-corrected chi connectivity index (χ3v) is 4.20. The van der Waals surface area contributed by atoms with Crippen molar-refractivity contribution in [3.05, 3.63) is 52.0 Å². The molecule has 1 aromatic heterocycles. The zero-order valence-corrected chi connectivity index (χ0v) is 11.3. The van der Waals surface area contributed by atoms with E-state index in [1.54, 1.807) is 10.9 Å². The van der Waals surface area contributed by atoms with Gasteiger partial charge in [-0.3, -0.25) is 4.79 Å². The first-order valence-corrected chi connectivity index (χ1v) is 7.23. The van der Waals surface area contributed by atoms with Crippen LogP contribution >= 0.6 is 11.3 Å². The van der Waals surface area contributed by atoms with Crippen molar-refractivity contribution < 1.29 is 13.6 Å². The fraction of sp³-hybridized carbons (Fsp3) is 0.286. The Hall–Kier alpha value is -1.82. The van der Waals surface area contributed by atoms with E-state index in [4.69, 9.17) is 0 Å². The van der Waals surface area contributed by atoms with Crippen LogP contribution in [0.2, 0.25) is 0 Å². The Kier molecular flexibility index (Phi) is 3.48. The number of carbonyl (C=O) groups excluding carboxylic acids is 1. The van der Waals surface area contributed by atoms with Crippen molar-refractivity contribution in [1.29, 1.82) is 0 Å². The number of hydrogen-bond acceptors (Lipinski definition) is 3. The summed E-state index contributed by atoms with van der Waals surface area (Å²) in [6.45, 7) is 0. The van der Waals surface area contributed by atoms with Gasteiger partial charge < -0.3 is 5.32 Å². The standard InChI is InChI=1S/C14H12F2N2OS/c15-8-1-2-9(11(16)5-8)10-3-4-12(10)18-14(19)13-6-20-7-17-13/h1-2,5-7,10,12H,3-4H2,(H,18,19)/t10-,12-/m0/s1. The van der Waals surface area contributed by atoms with Crippen LogP contribution in [0.1, 0.15) is 34.8 Å². The maximum absolute atomic E-state index is 13.7. The number of halogens is 2. The maximum Gasteiger partial charge on any atom is 0.270 e. The molecule has 0 unspecified atom stereocenters. The molecule has 3 rings (SSSR count). The highest BCUT2D eigenvalue weighted by Gasteiger charge is 2.35. The summed E-state index contributed by atoms with van der Waals surface area (Å²) in [6.07, 6.45) is 1.57. The predicted molar refractivity (Wildman–Crippen MR) is 71.7 cm³/mol. The van der Waals surface area contributed by atoms with Crippen LogP contribution in [-0.2, 0) is 0 Å². The van der Waals surface area contributed by atoms with E-state index in [1.807, 2.05) is 0 Å². The molecule has 0 radical (unpaired) electrons. The summed E-state index contributed by atoms with van der Waals surface area (Å²) in [4.78, 5) is 15.8. The second-order valence-electron chi connectivity index (χ2n) is 4.80. The molecule has 0 saturated heterocycles. The van der Waals surface area contributed by atoms with Crippen LogP contribution in [-0.4, -0.2) is 16.9 Å². The minimum Gasteiger partial charge on any atom is -0.347 e. The number of carbonyl (C=O) groups is 1. The predicted octanol–water partition coefficient (Wildman–Crippen LogP) is 3.10. The molecule has 1 fully saturated rings. The highest BCUT2D eigenvalue weighted by Crippen LogP contribution is 2.38. The Morgan fingerprint density at radius 2 is 2.20 bits per heavy atom. The first kappa shape index (κ1) is 13.2. The van der Waals surface area contributed by atoms with Crippen LogP contribution < -0.4 is 5.32 Å². The Labute approximate surface area is 118 Å². The van der Waals surface area contributed by atoms with E-state index in [0.29, 0.717) is 11.3 Å². The molecule has 20 heavy (non-hydrogen) atoms. The number of amides is 1. The van der Waals surface area contributed by atoms with Gasteiger partial charge in [-0.2, -0.15) is 0 Å². The van der Waals surface area contributed by atoms with Crippen molar-refractivity contribution >= 4 is 17.2 Å². The van der Waals surface area contributed by atoms with Crippen molar-refractivity contribution in [3.63, 3.8) is 0 Å². The average molecular weight is 294 g/mol. The van der Waals surface area contributed by atoms with E-state index in [0.717, 1.165) is 18.9 Å². The summed E-state index contributed by atoms with van der Waals surface area (Å²) in [5.41, 5.74) is 2.42. The lowest BCUT2D eigenvalue weighted by molar-refractivity contribution is 0.0899. The van der Waals surface area contributed by atoms with Crippen molar-refractivity contribution in [2.45, 2.75) is 24.8 Å². The summed E-state index contributed by atoms with van der Waals surface area (Å²) in [7, 11) is 0. The van der Waals surface area contributed by atoms with Gasteiger partial charge in [-0.15, -0.1) is 11.3 Å². The Bertz CT molecular complexity index is 630. The minimum absolute atomic E-state index is 0.0989. The lowest BCUT2D eigenvalue weighted by Gasteiger charge is -2.37. The van der Waals surface area contributed by atoms with Crippen molar-refractivity contribution in [1.82, 2.24) is 10.3 Å². The molecule has 2 aromatic rings. The van der Waals surface area contributed by atoms with E-state index in [9.17, 15) is 13.6 Å². The quantitative estimate of drug-likeness (QED) is 0.945. The molecule has 1 N–H and O–H groups in total. The van der Waals surface area contributed by atoms with E-state index in [-0.39, 0.29) is 17.9 Å². The lowest BCUT2D eigenvalue weighted by atomic mass is 9.75. The molecular formula is C14H12F2N2OS. The summed E-state index contributed by atoms with van der Waals surface area (Å²) >= 11 is 1.35. The smallest absolute Gasteiger partial charge is 0.270 e. The van der Waals surface area contributed by atoms with Gasteiger partial charge in [0, 0.05) is 23.4 Å². The Balaban J connectivity index is 1.72. The highest BCUT2D eigenvalue weighted by molar-refractivity contribution is 7.07. The van der Waals surface area contributed by atoms with Gasteiger partial charge in [0.15, 0.2) is 0 Å². The number of nitrogens with one attached hydrogen (secondary N) is 1. The maximum atomic E-state index is 13.7. The van der Waals surface area contributed by atoms with Crippen molar-refractivity contribution in [3.8, 4) is 0 Å². The fourth-order valence-electron chi connectivity index (χ4n) is 2.41. The molecule has 3 nitrogen and oxygen atoms in total. The van der Waals surface area contributed by atoms with Crippen LogP contribution in [0.15, 0.2) is 29.1 Å². The van der Waals surface area contributed by atoms with Gasteiger partial charge >= 0.3 is 0 Å². The van der Waals surface area contributed by atoms with Gasteiger partial charge in [-0.1, -0.05) is 6.07 Å². The SMILES string of the molecule is O=C(N[C@H]1CC[C@H]1c1ccc(F)cc1F)c1cscn1. The molecule has 104 valence electrons. The highest BCUT2D eigenvalue weighted by atomic mass is 32.1. The second kappa shape index (κ2) is 5.28. The fourth-order valence-corrected chi connectivity index (χ4v) is 2.95.